The predicted molar refractivity (Wildman–Crippen MR) is 184 cm³/mol. The lowest BCUT2D eigenvalue weighted by Gasteiger charge is -2.33. The second-order valence-electron chi connectivity index (χ2n) is 12.0. The minimum Gasteiger partial charge on any atom is -0.381 e. The van der Waals surface area contributed by atoms with Crippen LogP contribution in [0, 0.1) is 6.92 Å². The van der Waals surface area contributed by atoms with Gasteiger partial charge in [-0.15, -0.1) is 11.8 Å². The first-order chi connectivity index (χ1) is 22.1. The highest BCUT2D eigenvalue weighted by Gasteiger charge is 2.49. The molecule has 1 heterocycles. The molecule has 4 amide bonds. The van der Waals surface area contributed by atoms with E-state index in [1.807, 2.05) is 118 Å². The number of hydrogen-bond acceptors (Lipinski definition) is 5. The van der Waals surface area contributed by atoms with E-state index in [0.29, 0.717) is 12.2 Å². The molecule has 9 heteroatoms. The number of amides is 4. The van der Waals surface area contributed by atoms with E-state index in [-0.39, 0.29) is 18.2 Å². The number of aliphatic hydroxyl groups excluding tert-OH is 1. The summed E-state index contributed by atoms with van der Waals surface area (Å²) in [5.74, 6) is -0.658. The summed E-state index contributed by atoms with van der Waals surface area (Å²) in [4.78, 5) is 42.1. The molecular formula is C37H40N4O4S. The molecule has 0 aliphatic carbocycles. The average Bonchev–Trinajstić information content (AvgIpc) is 3.39. The molecule has 46 heavy (non-hydrogen) atoms. The van der Waals surface area contributed by atoms with Crippen LogP contribution in [0.3, 0.4) is 0 Å². The minimum atomic E-state index is -1.59. The Kier molecular flexibility index (Phi) is 10.4. The Balaban J connectivity index is 1.30. The van der Waals surface area contributed by atoms with Gasteiger partial charge in [0.25, 0.3) is 5.91 Å². The van der Waals surface area contributed by atoms with Gasteiger partial charge in [0.2, 0.25) is 5.91 Å². The van der Waals surface area contributed by atoms with Crippen molar-refractivity contribution in [1.82, 2.24) is 15.5 Å². The summed E-state index contributed by atoms with van der Waals surface area (Å²) < 4.78 is -0.586. The summed E-state index contributed by atoms with van der Waals surface area (Å²) in [6.07, 6.45) is -1.38. The van der Waals surface area contributed by atoms with E-state index in [9.17, 15) is 19.5 Å². The lowest BCUT2D eigenvalue weighted by molar-refractivity contribution is -0.147. The molecular weight excluding hydrogens is 596 g/mol. The van der Waals surface area contributed by atoms with Crippen LogP contribution in [0.4, 0.5) is 10.5 Å². The molecule has 0 spiro atoms. The zero-order valence-electron chi connectivity index (χ0n) is 26.3. The van der Waals surface area contributed by atoms with Gasteiger partial charge in [-0.1, -0.05) is 97.1 Å². The first-order valence-corrected chi connectivity index (χ1v) is 16.3. The van der Waals surface area contributed by atoms with Crippen LogP contribution in [-0.2, 0) is 22.6 Å². The Hall–Kier alpha value is -4.60. The normalized spacial score (nSPS) is 16.7. The van der Waals surface area contributed by atoms with Crippen LogP contribution in [0.2, 0.25) is 0 Å². The second-order valence-corrected chi connectivity index (χ2v) is 13.6. The highest BCUT2D eigenvalue weighted by molar-refractivity contribution is 8.00. The third-order valence-electron chi connectivity index (χ3n) is 8.29. The van der Waals surface area contributed by atoms with Crippen molar-refractivity contribution in [3.05, 3.63) is 126 Å². The standard InChI is InChI=1S/C37H40N4O4S/c1-25-12-10-11-17-29(25)23-38-34(43)33-37(2,3)46-24-41(33)35(44)32(42)31(22-26-13-6-4-7-14-26)40-36(45)39-30-20-18-28(19-21-30)27-15-8-5-9-16-27/h4-21,31-33,42H,22-24H2,1-3H3,(H,38,43)(H2,39,40,45)/t31-,32-,33+/m0/s1. The van der Waals surface area contributed by atoms with Gasteiger partial charge in [-0.05, 0) is 67.1 Å². The number of benzene rings is 4. The van der Waals surface area contributed by atoms with Gasteiger partial charge in [-0.2, -0.15) is 0 Å². The van der Waals surface area contributed by atoms with E-state index in [0.717, 1.165) is 27.8 Å². The van der Waals surface area contributed by atoms with Crippen LogP contribution in [0.5, 0.6) is 0 Å². The number of aliphatic hydroxyl groups is 1. The largest absolute Gasteiger partial charge is 0.381 e. The highest BCUT2D eigenvalue weighted by atomic mass is 32.2. The lowest BCUT2D eigenvalue weighted by Crippen LogP contribution is -2.59. The summed E-state index contributed by atoms with van der Waals surface area (Å²) in [5.41, 5.74) is 5.54. The summed E-state index contributed by atoms with van der Waals surface area (Å²) in [6, 6.07) is 32.2. The quantitative estimate of drug-likeness (QED) is 0.177. The van der Waals surface area contributed by atoms with E-state index >= 15 is 0 Å². The molecule has 0 bridgehead atoms. The van der Waals surface area contributed by atoms with Crippen LogP contribution in [0.25, 0.3) is 11.1 Å². The van der Waals surface area contributed by atoms with E-state index < -0.39 is 34.9 Å². The van der Waals surface area contributed by atoms with Crippen molar-refractivity contribution < 1.29 is 19.5 Å². The molecule has 0 saturated carbocycles. The van der Waals surface area contributed by atoms with Gasteiger partial charge in [-0.25, -0.2) is 4.79 Å². The van der Waals surface area contributed by atoms with Crippen molar-refractivity contribution in [1.29, 1.82) is 0 Å². The zero-order valence-corrected chi connectivity index (χ0v) is 27.1. The maximum Gasteiger partial charge on any atom is 0.319 e. The molecule has 238 valence electrons. The van der Waals surface area contributed by atoms with E-state index in [4.69, 9.17) is 0 Å². The van der Waals surface area contributed by atoms with Crippen molar-refractivity contribution in [2.45, 2.75) is 56.7 Å². The molecule has 4 aromatic rings. The van der Waals surface area contributed by atoms with Crippen molar-refractivity contribution in [3.8, 4) is 11.1 Å². The number of nitrogens with one attached hydrogen (secondary N) is 3. The number of carbonyl (C=O) groups is 3. The molecule has 5 rings (SSSR count). The van der Waals surface area contributed by atoms with E-state index in [1.54, 1.807) is 12.1 Å². The Bertz CT molecular complexity index is 1650. The number of anilines is 1. The van der Waals surface area contributed by atoms with Gasteiger partial charge in [0.05, 0.1) is 11.9 Å². The number of thioether (sulfide) groups is 1. The second kappa shape index (κ2) is 14.7. The van der Waals surface area contributed by atoms with Crippen molar-refractivity contribution >= 4 is 35.3 Å². The molecule has 0 aromatic heterocycles. The van der Waals surface area contributed by atoms with E-state index in [1.165, 1.54) is 16.7 Å². The molecule has 8 nitrogen and oxygen atoms in total. The third kappa shape index (κ3) is 7.97. The highest BCUT2D eigenvalue weighted by Crippen LogP contribution is 2.40. The molecule has 1 aliphatic rings. The topological polar surface area (TPSA) is 111 Å². The number of nitrogens with zero attached hydrogens (tertiary/aromatic N) is 1. The SMILES string of the molecule is Cc1ccccc1CNC(=O)[C@H]1N(C(=O)[C@@H](O)[C@H](Cc2ccccc2)NC(=O)Nc2ccc(-c3ccccc3)cc2)CSC1(C)C. The number of rotatable bonds is 10. The Morgan fingerprint density at radius 2 is 1.48 bits per heavy atom. The molecule has 4 aromatic carbocycles. The van der Waals surface area contributed by atoms with Crippen LogP contribution in [-0.4, -0.2) is 56.7 Å². The van der Waals surface area contributed by atoms with Gasteiger partial charge < -0.3 is 26.0 Å². The van der Waals surface area contributed by atoms with E-state index in [2.05, 4.69) is 16.0 Å². The molecule has 1 saturated heterocycles. The smallest absolute Gasteiger partial charge is 0.319 e. The maximum atomic E-state index is 13.9. The van der Waals surface area contributed by atoms with Gasteiger partial charge in [-0.3, -0.25) is 9.59 Å². The molecule has 0 unspecified atom stereocenters. The third-order valence-corrected chi connectivity index (χ3v) is 9.67. The maximum absolute atomic E-state index is 13.9. The summed E-state index contributed by atoms with van der Waals surface area (Å²) >= 11 is 1.48. The van der Waals surface area contributed by atoms with Crippen LogP contribution < -0.4 is 16.0 Å². The number of aryl methyl sites for hydroxylation is 1. The molecule has 3 atom stereocenters. The predicted octanol–water partition coefficient (Wildman–Crippen LogP) is 5.75. The first kappa shape index (κ1) is 32.8. The Morgan fingerprint density at radius 3 is 2.15 bits per heavy atom. The fourth-order valence-electron chi connectivity index (χ4n) is 5.66. The fourth-order valence-corrected chi connectivity index (χ4v) is 6.80. The zero-order chi connectivity index (χ0) is 32.7. The summed E-state index contributed by atoms with van der Waals surface area (Å²) in [7, 11) is 0. The average molecular weight is 637 g/mol. The Labute approximate surface area is 274 Å². The van der Waals surface area contributed by atoms with Crippen LogP contribution in [0.15, 0.2) is 109 Å². The summed E-state index contributed by atoms with van der Waals surface area (Å²) in [6.45, 7) is 6.16. The minimum absolute atomic E-state index is 0.211. The van der Waals surface area contributed by atoms with Crippen molar-refractivity contribution in [2.24, 2.45) is 0 Å². The van der Waals surface area contributed by atoms with Gasteiger partial charge in [0.1, 0.15) is 6.04 Å². The first-order valence-electron chi connectivity index (χ1n) is 15.3. The Morgan fingerprint density at radius 1 is 0.870 bits per heavy atom. The monoisotopic (exact) mass is 636 g/mol. The van der Waals surface area contributed by atoms with Crippen molar-refractivity contribution in [2.75, 3.05) is 11.2 Å². The van der Waals surface area contributed by atoms with Gasteiger partial charge >= 0.3 is 6.03 Å². The number of urea groups is 1. The number of carbonyl (C=O) groups excluding carboxylic acids is 3. The van der Waals surface area contributed by atoms with Gasteiger partial charge in [0, 0.05) is 17.0 Å². The fraction of sp³-hybridized carbons (Fsp3) is 0.270. The molecule has 4 N–H and O–H groups in total. The van der Waals surface area contributed by atoms with Crippen molar-refractivity contribution in [3.63, 3.8) is 0 Å². The molecule has 0 radical (unpaired) electrons. The molecule has 1 fully saturated rings. The number of hydrogen-bond donors (Lipinski definition) is 4. The van der Waals surface area contributed by atoms with Crippen LogP contribution in [0.1, 0.15) is 30.5 Å². The van der Waals surface area contributed by atoms with Gasteiger partial charge in [0.15, 0.2) is 6.10 Å². The van der Waals surface area contributed by atoms with Crippen LogP contribution >= 0.6 is 11.8 Å². The lowest BCUT2D eigenvalue weighted by atomic mass is 9.97. The summed E-state index contributed by atoms with van der Waals surface area (Å²) in [5, 5.41) is 20.2. The molecule has 1 aliphatic heterocycles.